The van der Waals surface area contributed by atoms with Crippen LogP contribution in [0.15, 0.2) is 109 Å². The van der Waals surface area contributed by atoms with Crippen molar-refractivity contribution in [2.75, 3.05) is 13.7 Å². The summed E-state index contributed by atoms with van der Waals surface area (Å²) in [5, 5.41) is 5.76. The van der Waals surface area contributed by atoms with E-state index in [2.05, 4.69) is 10.6 Å². The first-order chi connectivity index (χ1) is 19.8. The van der Waals surface area contributed by atoms with Gasteiger partial charge < -0.3 is 15.4 Å². The quantitative estimate of drug-likeness (QED) is 0.249. The minimum atomic E-state index is -1.66. The molecule has 4 aromatic rings. The number of esters is 1. The standard InChI is InChI=1S/C33H30F2N2O4/c1-41-32(40)33(21-24-11-8-14-28(35)19-24,22-36-29(38)20-23-9-4-2-5-10-23)30(25-15-17-27(34)18-16-25)37-31(39)26-12-6-3-7-13-26/h2-19,30H,20-22H2,1H3,(H,36,38)(H,37,39)/t30-,33-/m0/s1. The summed E-state index contributed by atoms with van der Waals surface area (Å²) in [6.07, 6.45) is -0.0597. The predicted octanol–water partition coefficient (Wildman–Crippen LogP) is 5.20. The number of halogens is 2. The van der Waals surface area contributed by atoms with Gasteiger partial charge >= 0.3 is 5.97 Å². The molecule has 0 radical (unpaired) electrons. The Balaban J connectivity index is 1.80. The number of hydrogen-bond acceptors (Lipinski definition) is 4. The maximum absolute atomic E-state index is 14.3. The van der Waals surface area contributed by atoms with Crippen LogP contribution in [0.25, 0.3) is 0 Å². The van der Waals surface area contributed by atoms with Crippen molar-refractivity contribution in [1.82, 2.24) is 10.6 Å². The van der Waals surface area contributed by atoms with Crippen molar-refractivity contribution in [2.24, 2.45) is 5.41 Å². The van der Waals surface area contributed by atoms with Crippen molar-refractivity contribution in [3.8, 4) is 0 Å². The fourth-order valence-corrected chi connectivity index (χ4v) is 4.84. The second-order valence-electron chi connectivity index (χ2n) is 9.72. The molecular weight excluding hydrogens is 526 g/mol. The Bertz CT molecular complexity index is 1480. The lowest BCUT2D eigenvalue weighted by atomic mass is 9.72. The van der Waals surface area contributed by atoms with Crippen LogP contribution < -0.4 is 10.6 Å². The molecule has 0 spiro atoms. The van der Waals surface area contributed by atoms with Gasteiger partial charge in [0.15, 0.2) is 0 Å². The first-order valence-electron chi connectivity index (χ1n) is 13.1. The van der Waals surface area contributed by atoms with E-state index in [1.54, 1.807) is 48.5 Å². The molecular formula is C33H30F2N2O4. The minimum absolute atomic E-state index is 0.0512. The molecule has 0 fully saturated rings. The maximum Gasteiger partial charge on any atom is 0.316 e. The number of methoxy groups -OCH3 is 1. The number of carbonyl (C=O) groups excluding carboxylic acids is 3. The third kappa shape index (κ3) is 7.42. The van der Waals surface area contributed by atoms with E-state index in [4.69, 9.17) is 4.74 Å². The molecule has 4 aromatic carbocycles. The minimum Gasteiger partial charge on any atom is -0.468 e. The molecule has 0 aliphatic carbocycles. The molecule has 0 saturated heterocycles. The van der Waals surface area contributed by atoms with Crippen LogP contribution >= 0.6 is 0 Å². The third-order valence-electron chi connectivity index (χ3n) is 6.88. The van der Waals surface area contributed by atoms with E-state index >= 15 is 0 Å². The van der Waals surface area contributed by atoms with Gasteiger partial charge in [-0.3, -0.25) is 14.4 Å². The highest BCUT2D eigenvalue weighted by atomic mass is 19.1. The van der Waals surface area contributed by atoms with Gasteiger partial charge in [0.1, 0.15) is 17.0 Å². The van der Waals surface area contributed by atoms with Crippen LogP contribution in [0.2, 0.25) is 0 Å². The molecule has 4 rings (SSSR count). The van der Waals surface area contributed by atoms with Crippen molar-refractivity contribution in [1.29, 1.82) is 0 Å². The fraction of sp³-hybridized carbons (Fsp3) is 0.182. The van der Waals surface area contributed by atoms with Crippen LogP contribution in [0.1, 0.15) is 33.1 Å². The van der Waals surface area contributed by atoms with Crippen molar-refractivity contribution >= 4 is 17.8 Å². The molecule has 2 amide bonds. The number of benzene rings is 4. The lowest BCUT2D eigenvalue weighted by Gasteiger charge is -2.39. The maximum atomic E-state index is 14.3. The summed E-state index contributed by atoms with van der Waals surface area (Å²) in [6.45, 7) is -0.265. The predicted molar refractivity (Wildman–Crippen MR) is 151 cm³/mol. The van der Waals surface area contributed by atoms with Gasteiger partial charge in [0.25, 0.3) is 5.91 Å². The summed E-state index contributed by atoms with van der Waals surface area (Å²) >= 11 is 0. The van der Waals surface area contributed by atoms with E-state index in [0.717, 1.165) is 5.56 Å². The Hall–Kier alpha value is -4.85. The van der Waals surface area contributed by atoms with E-state index in [9.17, 15) is 23.2 Å². The van der Waals surface area contributed by atoms with Gasteiger partial charge in [-0.1, -0.05) is 72.8 Å². The summed E-state index contributed by atoms with van der Waals surface area (Å²) in [5.41, 5.74) is 0.282. The first-order valence-corrected chi connectivity index (χ1v) is 13.1. The number of nitrogens with one attached hydrogen (secondary N) is 2. The van der Waals surface area contributed by atoms with Crippen molar-refractivity contribution in [2.45, 2.75) is 18.9 Å². The van der Waals surface area contributed by atoms with Gasteiger partial charge in [-0.05, 0) is 59.5 Å². The SMILES string of the molecule is COC(=O)[C@](CNC(=O)Cc1ccccc1)(Cc1cccc(F)c1)[C@@H](NC(=O)c1ccccc1)c1ccc(F)cc1. The largest absolute Gasteiger partial charge is 0.468 e. The summed E-state index contributed by atoms with van der Waals surface area (Å²) in [6, 6.07) is 27.4. The smallest absolute Gasteiger partial charge is 0.316 e. The second kappa shape index (κ2) is 13.5. The van der Waals surface area contributed by atoms with Gasteiger partial charge in [0.2, 0.25) is 5.91 Å². The fourth-order valence-electron chi connectivity index (χ4n) is 4.84. The molecule has 2 N–H and O–H groups in total. The molecule has 0 bridgehead atoms. The average molecular weight is 557 g/mol. The van der Waals surface area contributed by atoms with E-state index in [-0.39, 0.29) is 25.3 Å². The summed E-state index contributed by atoms with van der Waals surface area (Å²) in [4.78, 5) is 40.3. The van der Waals surface area contributed by atoms with Crippen LogP contribution in [0.4, 0.5) is 8.78 Å². The van der Waals surface area contributed by atoms with Gasteiger partial charge in [0.05, 0.1) is 19.6 Å². The Labute approximate surface area is 237 Å². The van der Waals surface area contributed by atoms with E-state index < -0.39 is 35.0 Å². The Kier molecular flexibility index (Phi) is 9.58. The number of ether oxygens (including phenoxy) is 1. The zero-order valence-corrected chi connectivity index (χ0v) is 22.5. The lowest BCUT2D eigenvalue weighted by molar-refractivity contribution is -0.155. The van der Waals surface area contributed by atoms with Gasteiger partial charge in [-0.25, -0.2) is 8.78 Å². The van der Waals surface area contributed by atoms with Gasteiger partial charge in [-0.2, -0.15) is 0 Å². The topological polar surface area (TPSA) is 84.5 Å². The highest BCUT2D eigenvalue weighted by Gasteiger charge is 2.49. The third-order valence-corrected chi connectivity index (χ3v) is 6.88. The van der Waals surface area contributed by atoms with E-state index in [1.807, 2.05) is 18.2 Å². The molecule has 2 atom stereocenters. The molecule has 8 heteroatoms. The first kappa shape index (κ1) is 29.1. The second-order valence-corrected chi connectivity index (χ2v) is 9.72. The molecule has 0 saturated carbocycles. The van der Waals surface area contributed by atoms with Crippen LogP contribution in [0, 0.1) is 17.0 Å². The molecule has 0 aromatic heterocycles. The molecule has 0 heterocycles. The molecule has 0 unspecified atom stereocenters. The zero-order valence-electron chi connectivity index (χ0n) is 22.5. The van der Waals surface area contributed by atoms with Gasteiger partial charge in [-0.15, -0.1) is 0 Å². The van der Waals surface area contributed by atoms with Crippen molar-refractivity contribution < 1.29 is 27.9 Å². The van der Waals surface area contributed by atoms with Gasteiger partial charge in [0, 0.05) is 12.1 Å². The molecule has 6 nitrogen and oxygen atoms in total. The van der Waals surface area contributed by atoms with E-state index in [1.165, 1.54) is 49.6 Å². The summed E-state index contributed by atoms with van der Waals surface area (Å²) < 4.78 is 33.5. The molecule has 210 valence electrons. The summed E-state index contributed by atoms with van der Waals surface area (Å²) in [7, 11) is 1.20. The Morgan fingerprint density at radius 2 is 1.41 bits per heavy atom. The summed E-state index contributed by atoms with van der Waals surface area (Å²) in [5.74, 6) is -2.63. The number of amides is 2. The van der Waals surface area contributed by atoms with Crippen molar-refractivity contribution in [3.63, 3.8) is 0 Å². The van der Waals surface area contributed by atoms with Crippen LogP contribution in [-0.2, 0) is 27.2 Å². The van der Waals surface area contributed by atoms with Crippen molar-refractivity contribution in [3.05, 3.63) is 143 Å². The van der Waals surface area contributed by atoms with Crippen LogP contribution in [0.3, 0.4) is 0 Å². The van der Waals surface area contributed by atoms with Crippen LogP contribution in [-0.4, -0.2) is 31.4 Å². The van der Waals surface area contributed by atoms with E-state index in [0.29, 0.717) is 16.7 Å². The normalized spacial score (nSPS) is 13.0. The highest BCUT2D eigenvalue weighted by Crippen LogP contribution is 2.39. The number of carbonyl (C=O) groups is 3. The number of hydrogen-bond donors (Lipinski definition) is 2. The average Bonchev–Trinajstić information content (AvgIpc) is 2.99. The molecule has 41 heavy (non-hydrogen) atoms. The van der Waals surface area contributed by atoms with Crippen LogP contribution in [0.5, 0.6) is 0 Å². The Morgan fingerprint density at radius 3 is 2.05 bits per heavy atom. The Morgan fingerprint density at radius 1 is 0.780 bits per heavy atom. The number of rotatable bonds is 11. The zero-order chi connectivity index (χ0) is 29.2. The lowest BCUT2D eigenvalue weighted by Crippen LogP contribution is -2.54. The molecule has 0 aliphatic heterocycles. The molecule has 0 aliphatic rings. The highest BCUT2D eigenvalue weighted by molar-refractivity contribution is 5.95. The monoisotopic (exact) mass is 556 g/mol.